The van der Waals surface area contributed by atoms with Crippen LogP contribution in [0.5, 0.6) is 5.88 Å². The van der Waals surface area contributed by atoms with Crippen molar-refractivity contribution < 1.29 is 14.2 Å². The van der Waals surface area contributed by atoms with Crippen LogP contribution in [-0.4, -0.2) is 44.1 Å². The van der Waals surface area contributed by atoms with Crippen molar-refractivity contribution in [3.05, 3.63) is 17.8 Å². The van der Waals surface area contributed by atoms with Crippen molar-refractivity contribution in [3.63, 3.8) is 0 Å². The van der Waals surface area contributed by atoms with E-state index in [0.717, 1.165) is 18.7 Å². The second-order valence-corrected chi connectivity index (χ2v) is 4.89. The maximum absolute atomic E-state index is 12.1. The third-order valence-electron chi connectivity index (χ3n) is 3.43. The van der Waals surface area contributed by atoms with E-state index in [-0.39, 0.29) is 11.8 Å². The summed E-state index contributed by atoms with van der Waals surface area (Å²) in [7, 11) is 0. The van der Waals surface area contributed by atoms with Crippen molar-refractivity contribution in [2.24, 2.45) is 5.92 Å². The first-order valence-electron chi connectivity index (χ1n) is 6.80. The molecule has 0 radical (unpaired) electrons. The van der Waals surface area contributed by atoms with Gasteiger partial charge in [0.15, 0.2) is 0 Å². The number of hydrogen-bond acceptors (Lipinski definition) is 7. The summed E-state index contributed by atoms with van der Waals surface area (Å²) in [6, 6.07) is 0. The molecule has 112 valence electrons. The summed E-state index contributed by atoms with van der Waals surface area (Å²) in [6.07, 6.45) is 3.09. The normalized spacial score (nSPS) is 17.3. The van der Waals surface area contributed by atoms with Crippen LogP contribution in [0.25, 0.3) is 0 Å². The Balaban J connectivity index is 1.42. The van der Waals surface area contributed by atoms with Crippen LogP contribution >= 0.6 is 0 Å². The van der Waals surface area contributed by atoms with Gasteiger partial charge >= 0.3 is 0 Å². The molecular weight excluding hydrogens is 276 g/mol. The van der Waals surface area contributed by atoms with E-state index in [1.165, 1.54) is 6.33 Å². The fraction of sp³-hybridized carbons (Fsp3) is 0.583. The molecule has 1 atom stereocenters. The average Bonchev–Trinajstić information content (AvgIpc) is 3.11. The third-order valence-corrected chi connectivity index (χ3v) is 3.43. The lowest BCUT2D eigenvalue weighted by Gasteiger charge is -2.21. The average molecular weight is 292 g/mol. The molecule has 1 unspecified atom stereocenters. The molecule has 3 rings (SSSR count). The van der Waals surface area contributed by atoms with Gasteiger partial charge in [-0.1, -0.05) is 5.16 Å². The number of carbonyl (C=O) groups is 1. The topological polar surface area (TPSA) is 108 Å². The predicted octanol–water partition coefficient (Wildman–Crippen LogP) is -0.273. The van der Waals surface area contributed by atoms with Crippen molar-refractivity contribution in [2.75, 3.05) is 13.2 Å². The lowest BCUT2D eigenvalue weighted by molar-refractivity contribution is -0.126. The molecular formula is C12H16N6O3. The quantitative estimate of drug-likeness (QED) is 0.755. The van der Waals surface area contributed by atoms with Gasteiger partial charge in [0.25, 0.3) is 5.88 Å². The van der Waals surface area contributed by atoms with E-state index in [9.17, 15) is 4.79 Å². The van der Waals surface area contributed by atoms with Crippen LogP contribution in [0.4, 0.5) is 0 Å². The molecule has 2 aromatic heterocycles. The number of fused-ring (bicyclic) bond motifs is 1. The zero-order chi connectivity index (χ0) is 14.7. The molecule has 1 aliphatic rings. The summed E-state index contributed by atoms with van der Waals surface area (Å²) < 4.78 is 11.7. The lowest BCUT2D eigenvalue weighted by atomic mass is 9.99. The van der Waals surface area contributed by atoms with Crippen molar-refractivity contribution in [2.45, 2.75) is 26.3 Å². The van der Waals surface area contributed by atoms with E-state index in [0.29, 0.717) is 31.3 Å². The number of ether oxygens (including phenoxy) is 1. The minimum atomic E-state index is -0.0744. The minimum absolute atomic E-state index is 0.00903. The predicted molar refractivity (Wildman–Crippen MR) is 69.4 cm³/mol. The number of hydrogen-bond donors (Lipinski definition) is 1. The molecule has 9 nitrogen and oxygen atoms in total. The maximum Gasteiger partial charge on any atom is 0.278 e. The van der Waals surface area contributed by atoms with Crippen LogP contribution in [0, 0.1) is 12.8 Å². The van der Waals surface area contributed by atoms with E-state index >= 15 is 0 Å². The van der Waals surface area contributed by atoms with E-state index in [4.69, 9.17) is 4.74 Å². The van der Waals surface area contributed by atoms with Crippen LogP contribution in [0.15, 0.2) is 11.0 Å². The molecule has 9 heteroatoms. The highest BCUT2D eigenvalue weighted by Crippen LogP contribution is 2.17. The molecule has 1 aliphatic heterocycles. The van der Waals surface area contributed by atoms with Gasteiger partial charge in [-0.05, 0) is 18.5 Å². The number of aromatic nitrogens is 5. The number of carbonyl (C=O) groups excluding carboxylic acids is 1. The van der Waals surface area contributed by atoms with Crippen molar-refractivity contribution in [1.29, 1.82) is 0 Å². The zero-order valence-corrected chi connectivity index (χ0v) is 11.7. The molecule has 1 amide bonds. The number of rotatable bonds is 5. The van der Waals surface area contributed by atoms with Crippen molar-refractivity contribution in [3.8, 4) is 5.88 Å². The van der Waals surface area contributed by atoms with Crippen LogP contribution < -0.4 is 10.1 Å². The molecule has 3 heterocycles. The number of nitrogens with zero attached hydrogens (tertiary/aromatic N) is 5. The first kappa shape index (κ1) is 13.5. The summed E-state index contributed by atoms with van der Waals surface area (Å²) in [6.45, 7) is 3.05. The first-order valence-corrected chi connectivity index (χ1v) is 6.80. The second kappa shape index (κ2) is 5.90. The molecule has 2 aromatic rings. The summed E-state index contributed by atoms with van der Waals surface area (Å²) in [5.41, 5.74) is 0.590. The molecule has 0 saturated heterocycles. The van der Waals surface area contributed by atoms with Gasteiger partial charge in [-0.2, -0.15) is 5.10 Å². The Bertz CT molecular complexity index is 622. The number of aryl methyl sites for hydroxylation is 2. The van der Waals surface area contributed by atoms with Crippen molar-refractivity contribution >= 4 is 5.91 Å². The number of nitrogens with one attached hydrogen (secondary N) is 1. The fourth-order valence-electron chi connectivity index (χ4n) is 2.27. The van der Waals surface area contributed by atoms with E-state index in [1.54, 1.807) is 11.6 Å². The van der Waals surface area contributed by atoms with E-state index in [1.807, 2.05) is 0 Å². The molecule has 1 N–H and O–H groups in total. The highest BCUT2D eigenvalue weighted by atomic mass is 16.6. The summed E-state index contributed by atoms with van der Waals surface area (Å²) in [4.78, 5) is 16.2. The Morgan fingerprint density at radius 2 is 2.48 bits per heavy atom. The summed E-state index contributed by atoms with van der Waals surface area (Å²) in [5.74, 6) is 1.23. The third kappa shape index (κ3) is 3.01. The van der Waals surface area contributed by atoms with Crippen LogP contribution in [0.2, 0.25) is 0 Å². The molecule has 0 spiro atoms. The highest BCUT2D eigenvalue weighted by molar-refractivity contribution is 5.78. The van der Waals surface area contributed by atoms with Crippen LogP contribution in [-0.2, 0) is 17.8 Å². The van der Waals surface area contributed by atoms with E-state index < -0.39 is 0 Å². The minimum Gasteiger partial charge on any atom is -0.472 e. The smallest absolute Gasteiger partial charge is 0.278 e. The SMILES string of the molecule is Cc1nonc1OCCNC(=O)C1CCc2ncnn2C1. The summed E-state index contributed by atoms with van der Waals surface area (Å²) in [5, 5.41) is 14.2. The standard InChI is InChI=1S/C12H16N6O3/c1-8-12(17-21-16-8)20-5-4-13-11(19)9-2-3-10-14-7-15-18(10)6-9/h7,9H,2-6H2,1H3,(H,13,19). The van der Waals surface area contributed by atoms with Gasteiger partial charge in [-0.25, -0.2) is 14.3 Å². The molecule has 0 bridgehead atoms. The van der Waals surface area contributed by atoms with Gasteiger partial charge in [0.05, 0.1) is 19.0 Å². The van der Waals surface area contributed by atoms with Gasteiger partial charge in [0.1, 0.15) is 24.5 Å². The van der Waals surface area contributed by atoms with Gasteiger partial charge in [-0.3, -0.25) is 4.79 Å². The zero-order valence-electron chi connectivity index (χ0n) is 11.7. The summed E-state index contributed by atoms with van der Waals surface area (Å²) >= 11 is 0. The van der Waals surface area contributed by atoms with Gasteiger partial charge in [0, 0.05) is 6.42 Å². The monoisotopic (exact) mass is 292 g/mol. The fourth-order valence-corrected chi connectivity index (χ4v) is 2.27. The molecule has 0 fully saturated rings. The molecule has 21 heavy (non-hydrogen) atoms. The Kier molecular flexibility index (Phi) is 3.80. The van der Waals surface area contributed by atoms with Crippen molar-refractivity contribution in [1.82, 2.24) is 30.4 Å². The van der Waals surface area contributed by atoms with Crippen LogP contribution in [0.3, 0.4) is 0 Å². The first-order chi connectivity index (χ1) is 10.2. The Hall–Kier alpha value is -2.45. The highest BCUT2D eigenvalue weighted by Gasteiger charge is 2.25. The molecule has 0 aromatic carbocycles. The van der Waals surface area contributed by atoms with Crippen LogP contribution in [0.1, 0.15) is 17.9 Å². The Morgan fingerprint density at radius 3 is 3.29 bits per heavy atom. The number of amides is 1. The maximum atomic E-state index is 12.1. The van der Waals surface area contributed by atoms with Gasteiger partial charge < -0.3 is 10.1 Å². The Labute approximate surface area is 120 Å². The largest absolute Gasteiger partial charge is 0.472 e. The second-order valence-electron chi connectivity index (χ2n) is 4.89. The van der Waals surface area contributed by atoms with Gasteiger partial charge in [-0.15, -0.1) is 0 Å². The Morgan fingerprint density at radius 1 is 1.57 bits per heavy atom. The van der Waals surface area contributed by atoms with Gasteiger partial charge in [0.2, 0.25) is 5.91 Å². The van der Waals surface area contributed by atoms with E-state index in [2.05, 4.69) is 30.3 Å². The molecule has 0 aliphatic carbocycles. The molecule has 0 saturated carbocycles. The lowest BCUT2D eigenvalue weighted by Crippen LogP contribution is -2.38.